The van der Waals surface area contributed by atoms with Crippen LogP contribution < -0.4 is 0 Å². The minimum absolute atomic E-state index is 0.207. The van der Waals surface area contributed by atoms with Crippen molar-refractivity contribution >= 4 is 37.4 Å². The molecule has 0 aliphatic carbocycles. The highest BCUT2D eigenvalue weighted by atomic mass is 79.9. The summed E-state index contributed by atoms with van der Waals surface area (Å²) in [7, 11) is 0. The maximum atomic E-state index is 13.0. The summed E-state index contributed by atoms with van der Waals surface area (Å²) in [6, 6.07) is 15.4. The second kappa shape index (κ2) is 4.82. The van der Waals surface area contributed by atoms with E-state index in [0.717, 1.165) is 16.5 Å². The standard InChI is InChI=1S/C15H10BrFS/c16-14-9-12(17)6-5-10(14)7-13-8-11-3-1-2-4-15(11)18-13/h1-6,8-9H,7H2. The van der Waals surface area contributed by atoms with Crippen LogP contribution in [0.1, 0.15) is 10.4 Å². The number of hydrogen-bond donors (Lipinski definition) is 0. The van der Waals surface area contributed by atoms with E-state index in [9.17, 15) is 4.39 Å². The molecule has 0 fully saturated rings. The van der Waals surface area contributed by atoms with Gasteiger partial charge in [-0.1, -0.05) is 40.2 Å². The molecule has 2 aromatic carbocycles. The zero-order chi connectivity index (χ0) is 12.5. The van der Waals surface area contributed by atoms with Crippen LogP contribution in [-0.4, -0.2) is 0 Å². The van der Waals surface area contributed by atoms with E-state index >= 15 is 0 Å². The number of halogens is 2. The summed E-state index contributed by atoms with van der Waals surface area (Å²) >= 11 is 5.20. The quantitative estimate of drug-likeness (QED) is 0.593. The molecule has 0 aliphatic heterocycles. The SMILES string of the molecule is Fc1ccc(Cc2cc3ccccc3s2)c(Br)c1. The van der Waals surface area contributed by atoms with E-state index in [1.165, 1.54) is 27.1 Å². The second-order valence-electron chi connectivity index (χ2n) is 4.16. The van der Waals surface area contributed by atoms with Crippen LogP contribution in [0.2, 0.25) is 0 Å². The summed E-state index contributed by atoms with van der Waals surface area (Å²) in [5, 5.41) is 1.27. The van der Waals surface area contributed by atoms with E-state index in [-0.39, 0.29) is 5.82 Å². The van der Waals surface area contributed by atoms with Gasteiger partial charge in [-0.15, -0.1) is 11.3 Å². The molecule has 18 heavy (non-hydrogen) atoms. The molecule has 3 aromatic rings. The maximum absolute atomic E-state index is 13.0. The minimum atomic E-state index is -0.207. The Kier molecular flexibility index (Phi) is 3.18. The highest BCUT2D eigenvalue weighted by molar-refractivity contribution is 9.10. The van der Waals surface area contributed by atoms with Crippen LogP contribution >= 0.6 is 27.3 Å². The van der Waals surface area contributed by atoms with Crippen molar-refractivity contribution in [3.63, 3.8) is 0 Å². The Morgan fingerprint density at radius 2 is 1.89 bits per heavy atom. The predicted molar refractivity (Wildman–Crippen MR) is 78.7 cm³/mol. The smallest absolute Gasteiger partial charge is 0.124 e. The predicted octanol–water partition coefficient (Wildman–Crippen LogP) is 5.39. The van der Waals surface area contributed by atoms with E-state index in [0.29, 0.717) is 0 Å². The molecule has 1 aromatic heterocycles. The Hall–Kier alpha value is -1.19. The Balaban J connectivity index is 1.96. The van der Waals surface area contributed by atoms with E-state index in [4.69, 9.17) is 0 Å². The first-order valence-electron chi connectivity index (χ1n) is 5.64. The number of thiophene rings is 1. The Morgan fingerprint density at radius 1 is 1.06 bits per heavy atom. The van der Waals surface area contributed by atoms with Crippen molar-refractivity contribution in [3.05, 3.63) is 69.3 Å². The molecule has 0 aliphatic rings. The van der Waals surface area contributed by atoms with Gasteiger partial charge in [-0.2, -0.15) is 0 Å². The third-order valence-corrected chi connectivity index (χ3v) is 4.71. The second-order valence-corrected chi connectivity index (χ2v) is 6.19. The molecule has 0 atom stereocenters. The van der Waals surface area contributed by atoms with Gasteiger partial charge in [0.25, 0.3) is 0 Å². The van der Waals surface area contributed by atoms with Gasteiger partial charge < -0.3 is 0 Å². The molecule has 90 valence electrons. The summed E-state index contributed by atoms with van der Waals surface area (Å²) in [5.41, 5.74) is 1.11. The van der Waals surface area contributed by atoms with Crippen LogP contribution in [0.3, 0.4) is 0 Å². The Labute approximate surface area is 117 Å². The van der Waals surface area contributed by atoms with Crippen molar-refractivity contribution in [1.82, 2.24) is 0 Å². The van der Waals surface area contributed by atoms with Gasteiger partial charge in [0.1, 0.15) is 5.82 Å². The average Bonchev–Trinajstić information content (AvgIpc) is 2.75. The van der Waals surface area contributed by atoms with Gasteiger partial charge in [-0.25, -0.2) is 4.39 Å². The van der Waals surface area contributed by atoms with E-state index in [1.54, 1.807) is 11.3 Å². The van der Waals surface area contributed by atoms with Gasteiger partial charge >= 0.3 is 0 Å². The van der Waals surface area contributed by atoms with Gasteiger partial charge in [-0.3, -0.25) is 0 Å². The molecule has 0 bridgehead atoms. The molecule has 0 saturated carbocycles. The monoisotopic (exact) mass is 320 g/mol. The Bertz CT molecular complexity index is 670. The molecule has 1 heterocycles. The lowest BCUT2D eigenvalue weighted by Gasteiger charge is -2.02. The van der Waals surface area contributed by atoms with Crippen LogP contribution in [0.5, 0.6) is 0 Å². The largest absolute Gasteiger partial charge is 0.207 e. The highest BCUT2D eigenvalue weighted by Gasteiger charge is 2.06. The molecule has 0 unspecified atom stereocenters. The van der Waals surface area contributed by atoms with Gasteiger partial charge in [0.15, 0.2) is 0 Å². The van der Waals surface area contributed by atoms with Gasteiger partial charge in [0.2, 0.25) is 0 Å². The summed E-state index contributed by atoms with van der Waals surface area (Å²) < 4.78 is 15.2. The van der Waals surface area contributed by atoms with Crippen LogP contribution in [0, 0.1) is 5.82 Å². The van der Waals surface area contributed by atoms with Crippen molar-refractivity contribution in [2.45, 2.75) is 6.42 Å². The number of hydrogen-bond acceptors (Lipinski definition) is 1. The van der Waals surface area contributed by atoms with Crippen molar-refractivity contribution < 1.29 is 4.39 Å². The average molecular weight is 321 g/mol. The summed E-state index contributed by atoms with van der Waals surface area (Å²) in [4.78, 5) is 1.29. The van der Waals surface area contributed by atoms with E-state index in [1.807, 2.05) is 12.1 Å². The van der Waals surface area contributed by atoms with Crippen LogP contribution in [-0.2, 0) is 6.42 Å². The van der Waals surface area contributed by atoms with Gasteiger partial charge in [0, 0.05) is 20.5 Å². The van der Waals surface area contributed by atoms with Gasteiger partial charge in [-0.05, 0) is 35.2 Å². The summed E-state index contributed by atoms with van der Waals surface area (Å²) in [6.07, 6.45) is 0.834. The van der Waals surface area contributed by atoms with Crippen LogP contribution in [0.4, 0.5) is 4.39 Å². The number of rotatable bonds is 2. The first-order valence-corrected chi connectivity index (χ1v) is 7.25. The lowest BCUT2D eigenvalue weighted by molar-refractivity contribution is 0.626. The Morgan fingerprint density at radius 3 is 2.67 bits per heavy atom. The molecular formula is C15H10BrFS. The lowest BCUT2D eigenvalue weighted by atomic mass is 10.1. The summed E-state index contributed by atoms with van der Waals surface area (Å²) in [6.45, 7) is 0. The van der Waals surface area contributed by atoms with Crippen molar-refractivity contribution in [3.8, 4) is 0 Å². The zero-order valence-corrected chi connectivity index (χ0v) is 11.9. The fraction of sp³-hybridized carbons (Fsp3) is 0.0667. The molecular weight excluding hydrogens is 311 g/mol. The molecule has 0 spiro atoms. The fourth-order valence-corrected chi connectivity index (χ4v) is 3.56. The summed E-state index contributed by atoms with van der Waals surface area (Å²) in [5.74, 6) is -0.207. The van der Waals surface area contributed by atoms with Crippen LogP contribution in [0.15, 0.2) is 53.0 Å². The van der Waals surface area contributed by atoms with E-state index < -0.39 is 0 Å². The normalized spacial score (nSPS) is 11.0. The highest BCUT2D eigenvalue weighted by Crippen LogP contribution is 2.29. The van der Waals surface area contributed by atoms with E-state index in [2.05, 4.69) is 40.2 Å². The van der Waals surface area contributed by atoms with Crippen LogP contribution in [0.25, 0.3) is 10.1 Å². The lowest BCUT2D eigenvalue weighted by Crippen LogP contribution is -1.87. The number of fused-ring (bicyclic) bond motifs is 1. The maximum Gasteiger partial charge on any atom is 0.124 e. The minimum Gasteiger partial charge on any atom is -0.207 e. The molecule has 0 N–H and O–H groups in total. The third-order valence-electron chi connectivity index (χ3n) is 2.86. The first kappa shape index (κ1) is 11.9. The fourth-order valence-electron chi connectivity index (χ4n) is 1.98. The molecule has 0 nitrogen and oxygen atoms in total. The molecule has 0 saturated heterocycles. The van der Waals surface area contributed by atoms with Gasteiger partial charge in [0.05, 0.1) is 0 Å². The molecule has 0 radical (unpaired) electrons. The molecule has 3 heteroatoms. The van der Waals surface area contributed by atoms with Crippen molar-refractivity contribution in [2.24, 2.45) is 0 Å². The molecule has 3 rings (SSSR count). The first-order chi connectivity index (χ1) is 8.72. The zero-order valence-electron chi connectivity index (χ0n) is 9.49. The number of benzene rings is 2. The third kappa shape index (κ3) is 2.33. The van der Waals surface area contributed by atoms with Crippen molar-refractivity contribution in [1.29, 1.82) is 0 Å². The topological polar surface area (TPSA) is 0 Å². The molecule has 0 amide bonds. The van der Waals surface area contributed by atoms with Crippen molar-refractivity contribution in [2.75, 3.05) is 0 Å².